The lowest BCUT2D eigenvalue weighted by Gasteiger charge is -2.32. The Hall–Kier alpha value is -0.470. The second-order valence-electron chi connectivity index (χ2n) is 5.05. The lowest BCUT2D eigenvalue weighted by atomic mass is 9.99. The summed E-state index contributed by atoms with van der Waals surface area (Å²) in [7, 11) is 0. The predicted octanol–water partition coefficient (Wildman–Crippen LogP) is 4.57. The quantitative estimate of drug-likeness (QED) is 0.775. The first-order chi connectivity index (χ1) is 8.58. The SMILES string of the molecule is CCC(CC)(CNC(C)c1ccccc1C)SC. The number of hydrogen-bond donors (Lipinski definition) is 1. The summed E-state index contributed by atoms with van der Waals surface area (Å²) in [5, 5.41) is 3.71. The van der Waals surface area contributed by atoms with E-state index in [0.717, 1.165) is 6.54 Å². The summed E-state index contributed by atoms with van der Waals surface area (Å²) in [6.45, 7) is 10.1. The van der Waals surface area contributed by atoms with Crippen LogP contribution in [0.15, 0.2) is 24.3 Å². The van der Waals surface area contributed by atoms with Crippen molar-refractivity contribution in [1.82, 2.24) is 5.32 Å². The molecule has 1 aromatic carbocycles. The number of rotatable bonds is 7. The first-order valence-corrected chi connectivity index (χ1v) is 8.15. The maximum atomic E-state index is 3.71. The third-order valence-electron chi connectivity index (χ3n) is 4.11. The van der Waals surface area contributed by atoms with Crippen molar-refractivity contribution in [3.05, 3.63) is 35.4 Å². The third kappa shape index (κ3) is 3.76. The van der Waals surface area contributed by atoms with E-state index in [4.69, 9.17) is 0 Å². The van der Waals surface area contributed by atoms with Crippen molar-refractivity contribution in [2.75, 3.05) is 12.8 Å². The molecule has 0 bridgehead atoms. The van der Waals surface area contributed by atoms with Gasteiger partial charge in [-0.25, -0.2) is 0 Å². The van der Waals surface area contributed by atoms with E-state index in [1.165, 1.54) is 24.0 Å². The summed E-state index contributed by atoms with van der Waals surface area (Å²) >= 11 is 2.00. The van der Waals surface area contributed by atoms with Gasteiger partial charge < -0.3 is 5.32 Å². The predicted molar refractivity (Wildman–Crippen MR) is 84.4 cm³/mol. The molecule has 2 heteroatoms. The zero-order chi connectivity index (χ0) is 13.6. The molecule has 1 aromatic rings. The topological polar surface area (TPSA) is 12.0 Å². The van der Waals surface area contributed by atoms with Crippen molar-refractivity contribution in [2.24, 2.45) is 0 Å². The summed E-state index contributed by atoms with van der Waals surface area (Å²) in [6.07, 6.45) is 4.67. The molecule has 0 saturated carbocycles. The number of nitrogens with one attached hydrogen (secondary N) is 1. The highest BCUT2D eigenvalue weighted by Crippen LogP contribution is 2.30. The van der Waals surface area contributed by atoms with Crippen molar-refractivity contribution in [1.29, 1.82) is 0 Å². The molecule has 18 heavy (non-hydrogen) atoms. The summed E-state index contributed by atoms with van der Waals surface area (Å²) < 4.78 is 0.386. The summed E-state index contributed by atoms with van der Waals surface area (Å²) in [5.41, 5.74) is 2.79. The largest absolute Gasteiger partial charge is 0.309 e. The highest BCUT2D eigenvalue weighted by molar-refractivity contribution is 8.00. The molecule has 0 radical (unpaired) electrons. The molecule has 0 aliphatic carbocycles. The molecule has 0 heterocycles. The van der Waals surface area contributed by atoms with E-state index in [-0.39, 0.29) is 0 Å². The first-order valence-electron chi connectivity index (χ1n) is 6.92. The van der Waals surface area contributed by atoms with Crippen LogP contribution < -0.4 is 5.32 Å². The Morgan fingerprint density at radius 2 is 1.83 bits per heavy atom. The molecule has 0 aliphatic rings. The fourth-order valence-electron chi connectivity index (χ4n) is 2.38. The van der Waals surface area contributed by atoms with Gasteiger partial charge in [-0.05, 0) is 44.1 Å². The second-order valence-corrected chi connectivity index (χ2v) is 6.33. The maximum Gasteiger partial charge on any atom is 0.0294 e. The van der Waals surface area contributed by atoms with E-state index < -0.39 is 0 Å². The van der Waals surface area contributed by atoms with Crippen LogP contribution in [0.25, 0.3) is 0 Å². The summed E-state index contributed by atoms with van der Waals surface area (Å²) in [5.74, 6) is 0. The minimum atomic E-state index is 0.386. The van der Waals surface area contributed by atoms with Gasteiger partial charge in [0.2, 0.25) is 0 Å². The van der Waals surface area contributed by atoms with E-state index in [1.54, 1.807) is 0 Å². The Bertz CT molecular complexity index is 350. The highest BCUT2D eigenvalue weighted by atomic mass is 32.2. The van der Waals surface area contributed by atoms with Crippen LogP contribution in [0.2, 0.25) is 0 Å². The maximum absolute atomic E-state index is 3.71. The molecule has 0 aromatic heterocycles. The monoisotopic (exact) mass is 265 g/mol. The van der Waals surface area contributed by atoms with Crippen LogP contribution in [0.4, 0.5) is 0 Å². The minimum Gasteiger partial charge on any atom is -0.309 e. The summed E-state index contributed by atoms with van der Waals surface area (Å²) in [4.78, 5) is 0. The van der Waals surface area contributed by atoms with E-state index in [1.807, 2.05) is 11.8 Å². The molecule has 1 N–H and O–H groups in total. The standard InChI is InChI=1S/C16H27NS/c1-6-16(7-2,18-5)12-17-14(4)15-11-9-8-10-13(15)3/h8-11,14,17H,6-7,12H2,1-5H3. The van der Waals surface area contributed by atoms with Gasteiger partial charge in [0, 0.05) is 17.3 Å². The Morgan fingerprint density at radius 1 is 1.22 bits per heavy atom. The Kier molecular flexibility index (Phi) is 6.24. The number of benzene rings is 1. The van der Waals surface area contributed by atoms with Gasteiger partial charge in [0.05, 0.1) is 0 Å². The minimum absolute atomic E-state index is 0.386. The average Bonchev–Trinajstić information content (AvgIpc) is 2.41. The van der Waals surface area contributed by atoms with E-state index >= 15 is 0 Å². The first kappa shape index (κ1) is 15.6. The van der Waals surface area contributed by atoms with Gasteiger partial charge >= 0.3 is 0 Å². The van der Waals surface area contributed by atoms with Gasteiger partial charge in [0.1, 0.15) is 0 Å². The Balaban J connectivity index is 2.66. The Morgan fingerprint density at radius 3 is 2.33 bits per heavy atom. The number of aryl methyl sites for hydroxylation is 1. The molecule has 0 fully saturated rings. The Labute approximate surface area is 117 Å². The summed E-state index contributed by atoms with van der Waals surface area (Å²) in [6, 6.07) is 9.08. The fourth-order valence-corrected chi connectivity index (χ4v) is 3.19. The van der Waals surface area contributed by atoms with Crippen LogP contribution in [-0.4, -0.2) is 17.5 Å². The molecule has 0 amide bonds. The van der Waals surface area contributed by atoms with Crippen molar-refractivity contribution < 1.29 is 0 Å². The van der Waals surface area contributed by atoms with Gasteiger partial charge in [0.15, 0.2) is 0 Å². The van der Waals surface area contributed by atoms with Crippen LogP contribution >= 0.6 is 11.8 Å². The van der Waals surface area contributed by atoms with Crippen molar-refractivity contribution in [3.63, 3.8) is 0 Å². The molecule has 0 saturated heterocycles. The third-order valence-corrected chi connectivity index (χ3v) is 5.69. The van der Waals surface area contributed by atoms with E-state index in [2.05, 4.69) is 63.5 Å². The molecule has 0 spiro atoms. The molecular formula is C16H27NS. The highest BCUT2D eigenvalue weighted by Gasteiger charge is 2.25. The molecule has 1 atom stereocenters. The molecule has 102 valence electrons. The van der Waals surface area contributed by atoms with Crippen LogP contribution in [-0.2, 0) is 0 Å². The molecule has 1 unspecified atom stereocenters. The van der Waals surface area contributed by atoms with Crippen LogP contribution in [0.3, 0.4) is 0 Å². The molecular weight excluding hydrogens is 238 g/mol. The van der Waals surface area contributed by atoms with Gasteiger partial charge in [0.25, 0.3) is 0 Å². The molecule has 1 rings (SSSR count). The van der Waals surface area contributed by atoms with Crippen LogP contribution in [0.1, 0.15) is 50.8 Å². The van der Waals surface area contributed by atoms with Gasteiger partial charge in [-0.15, -0.1) is 0 Å². The zero-order valence-electron chi connectivity index (χ0n) is 12.4. The van der Waals surface area contributed by atoms with Gasteiger partial charge in [-0.2, -0.15) is 11.8 Å². The fraction of sp³-hybridized carbons (Fsp3) is 0.625. The lowest BCUT2D eigenvalue weighted by Crippen LogP contribution is -2.37. The van der Waals surface area contributed by atoms with Gasteiger partial charge in [-0.1, -0.05) is 38.1 Å². The zero-order valence-corrected chi connectivity index (χ0v) is 13.2. The average molecular weight is 265 g/mol. The number of thioether (sulfide) groups is 1. The van der Waals surface area contributed by atoms with Crippen LogP contribution in [0, 0.1) is 6.92 Å². The number of hydrogen-bond acceptors (Lipinski definition) is 2. The van der Waals surface area contributed by atoms with Crippen molar-refractivity contribution in [3.8, 4) is 0 Å². The molecule has 0 aliphatic heterocycles. The van der Waals surface area contributed by atoms with Crippen molar-refractivity contribution >= 4 is 11.8 Å². The van der Waals surface area contributed by atoms with Crippen LogP contribution in [0.5, 0.6) is 0 Å². The second kappa shape index (κ2) is 7.20. The van der Waals surface area contributed by atoms with E-state index in [0.29, 0.717) is 10.8 Å². The molecule has 1 nitrogen and oxygen atoms in total. The van der Waals surface area contributed by atoms with Crippen molar-refractivity contribution in [2.45, 2.75) is 51.3 Å². The van der Waals surface area contributed by atoms with Gasteiger partial charge in [-0.3, -0.25) is 0 Å². The normalized spacial score (nSPS) is 13.6. The van der Waals surface area contributed by atoms with E-state index in [9.17, 15) is 0 Å². The lowest BCUT2D eigenvalue weighted by molar-refractivity contribution is 0.459. The smallest absolute Gasteiger partial charge is 0.0294 e.